The molecule has 25 heavy (non-hydrogen) atoms. The summed E-state index contributed by atoms with van der Waals surface area (Å²) >= 11 is 5.95. The second-order valence-electron chi connectivity index (χ2n) is 6.14. The lowest BCUT2D eigenvalue weighted by molar-refractivity contribution is -0.140. The SMILES string of the molecule is C[C@H]1OCCN[C@@H]1C(=O)N1CCN(C(=O)c2cccc(Cl)c2)CC1.Cl. The third-order valence-electron chi connectivity index (χ3n) is 4.53. The first kappa shape index (κ1) is 20.0. The number of nitrogens with one attached hydrogen (secondary N) is 1. The Hall–Kier alpha value is -1.34. The van der Waals surface area contributed by atoms with Gasteiger partial charge in [-0.25, -0.2) is 0 Å². The molecule has 8 heteroatoms. The monoisotopic (exact) mass is 387 g/mol. The van der Waals surface area contributed by atoms with Gasteiger partial charge in [0, 0.05) is 43.3 Å². The van der Waals surface area contributed by atoms with E-state index in [0.29, 0.717) is 49.9 Å². The van der Waals surface area contributed by atoms with Crippen LogP contribution < -0.4 is 5.32 Å². The van der Waals surface area contributed by atoms with Gasteiger partial charge in [-0.15, -0.1) is 12.4 Å². The number of benzene rings is 1. The zero-order valence-corrected chi connectivity index (χ0v) is 15.7. The van der Waals surface area contributed by atoms with Crippen molar-refractivity contribution in [3.63, 3.8) is 0 Å². The first-order valence-corrected chi connectivity index (χ1v) is 8.62. The molecule has 0 aromatic heterocycles. The summed E-state index contributed by atoms with van der Waals surface area (Å²) in [7, 11) is 0. The minimum Gasteiger partial charge on any atom is -0.375 e. The number of halogens is 2. The number of hydrogen-bond acceptors (Lipinski definition) is 4. The summed E-state index contributed by atoms with van der Waals surface area (Å²) in [6.45, 7) is 5.36. The Balaban J connectivity index is 0.00000225. The largest absolute Gasteiger partial charge is 0.375 e. The highest BCUT2D eigenvalue weighted by atomic mass is 35.5. The van der Waals surface area contributed by atoms with E-state index in [-0.39, 0.29) is 36.4 Å². The summed E-state index contributed by atoms with van der Waals surface area (Å²) in [6.07, 6.45) is -0.127. The molecule has 2 amide bonds. The van der Waals surface area contributed by atoms with Gasteiger partial charge in [-0.2, -0.15) is 0 Å². The average molecular weight is 388 g/mol. The molecule has 0 spiro atoms. The van der Waals surface area contributed by atoms with Crippen LogP contribution in [0.2, 0.25) is 5.02 Å². The van der Waals surface area contributed by atoms with E-state index in [9.17, 15) is 9.59 Å². The number of hydrogen-bond donors (Lipinski definition) is 1. The van der Waals surface area contributed by atoms with E-state index in [1.54, 1.807) is 29.2 Å². The van der Waals surface area contributed by atoms with Crippen LogP contribution in [-0.2, 0) is 9.53 Å². The molecule has 2 aliphatic heterocycles. The van der Waals surface area contributed by atoms with Gasteiger partial charge in [0.25, 0.3) is 5.91 Å². The zero-order valence-electron chi connectivity index (χ0n) is 14.1. The van der Waals surface area contributed by atoms with Crippen LogP contribution in [0.4, 0.5) is 0 Å². The van der Waals surface area contributed by atoms with Crippen LogP contribution in [-0.4, -0.2) is 73.1 Å². The lowest BCUT2D eigenvalue weighted by Gasteiger charge is -2.38. The van der Waals surface area contributed by atoms with E-state index in [0.717, 1.165) is 0 Å². The summed E-state index contributed by atoms with van der Waals surface area (Å²) in [5.41, 5.74) is 0.582. The molecule has 0 aliphatic carbocycles. The zero-order chi connectivity index (χ0) is 17.1. The maximum absolute atomic E-state index is 12.6. The molecule has 1 aromatic rings. The highest BCUT2D eigenvalue weighted by Gasteiger charge is 2.34. The molecule has 2 aliphatic rings. The summed E-state index contributed by atoms with van der Waals surface area (Å²) in [5, 5.41) is 3.77. The van der Waals surface area contributed by atoms with E-state index in [1.165, 1.54) is 0 Å². The highest BCUT2D eigenvalue weighted by molar-refractivity contribution is 6.30. The molecule has 0 unspecified atom stereocenters. The highest BCUT2D eigenvalue weighted by Crippen LogP contribution is 2.15. The Bertz CT molecular complexity index is 621. The maximum atomic E-state index is 12.6. The van der Waals surface area contributed by atoms with Gasteiger partial charge in [-0.3, -0.25) is 9.59 Å². The number of ether oxygens (including phenoxy) is 1. The van der Waals surface area contributed by atoms with Gasteiger partial charge in [0.1, 0.15) is 6.04 Å². The van der Waals surface area contributed by atoms with Crippen LogP contribution in [0, 0.1) is 0 Å². The van der Waals surface area contributed by atoms with Crippen LogP contribution >= 0.6 is 24.0 Å². The van der Waals surface area contributed by atoms with E-state index >= 15 is 0 Å². The van der Waals surface area contributed by atoms with Gasteiger partial charge < -0.3 is 19.9 Å². The number of amides is 2. The quantitative estimate of drug-likeness (QED) is 0.833. The average Bonchev–Trinajstić information content (AvgIpc) is 2.61. The van der Waals surface area contributed by atoms with Gasteiger partial charge in [-0.05, 0) is 25.1 Å². The Morgan fingerprint density at radius 1 is 1.20 bits per heavy atom. The Morgan fingerprint density at radius 2 is 1.88 bits per heavy atom. The van der Waals surface area contributed by atoms with Crippen LogP contribution in [0.25, 0.3) is 0 Å². The van der Waals surface area contributed by atoms with Crippen molar-refractivity contribution in [1.82, 2.24) is 15.1 Å². The normalized spacial score (nSPS) is 23.8. The molecule has 2 atom stereocenters. The molecule has 0 saturated carbocycles. The summed E-state index contributed by atoms with van der Waals surface area (Å²) < 4.78 is 5.54. The van der Waals surface area contributed by atoms with Crippen molar-refractivity contribution in [2.45, 2.75) is 19.1 Å². The molecule has 6 nitrogen and oxygen atoms in total. The minimum absolute atomic E-state index is 0. The number of carbonyl (C=O) groups excluding carboxylic acids is 2. The third-order valence-corrected chi connectivity index (χ3v) is 4.77. The van der Waals surface area contributed by atoms with E-state index in [2.05, 4.69) is 5.32 Å². The van der Waals surface area contributed by atoms with Crippen LogP contribution in [0.15, 0.2) is 24.3 Å². The van der Waals surface area contributed by atoms with E-state index in [1.807, 2.05) is 11.8 Å². The summed E-state index contributed by atoms with van der Waals surface area (Å²) in [4.78, 5) is 28.7. The van der Waals surface area contributed by atoms with E-state index < -0.39 is 0 Å². The van der Waals surface area contributed by atoms with Gasteiger partial charge in [0.15, 0.2) is 0 Å². The molecular weight excluding hydrogens is 365 g/mol. The fourth-order valence-corrected chi connectivity index (χ4v) is 3.33. The molecule has 2 fully saturated rings. The van der Waals surface area contributed by atoms with Crippen molar-refractivity contribution in [2.24, 2.45) is 0 Å². The van der Waals surface area contributed by atoms with Crippen LogP contribution in [0.3, 0.4) is 0 Å². The lowest BCUT2D eigenvalue weighted by atomic mass is 10.1. The molecule has 1 aromatic carbocycles. The molecule has 0 radical (unpaired) electrons. The van der Waals surface area contributed by atoms with Crippen molar-refractivity contribution in [3.8, 4) is 0 Å². The predicted octanol–water partition coefficient (Wildman–Crippen LogP) is 1.42. The van der Waals surface area contributed by atoms with Crippen molar-refractivity contribution >= 4 is 35.8 Å². The first-order valence-electron chi connectivity index (χ1n) is 8.25. The van der Waals surface area contributed by atoms with Crippen molar-refractivity contribution in [3.05, 3.63) is 34.9 Å². The van der Waals surface area contributed by atoms with Gasteiger partial charge in [-0.1, -0.05) is 17.7 Å². The smallest absolute Gasteiger partial charge is 0.254 e. The minimum atomic E-state index is -0.297. The van der Waals surface area contributed by atoms with Crippen molar-refractivity contribution in [1.29, 1.82) is 0 Å². The number of morpholine rings is 1. The maximum Gasteiger partial charge on any atom is 0.254 e. The number of rotatable bonds is 2. The Labute approximate surface area is 158 Å². The topological polar surface area (TPSA) is 61.9 Å². The lowest BCUT2D eigenvalue weighted by Crippen LogP contribution is -2.60. The molecular formula is C17H23Cl2N3O3. The first-order chi connectivity index (χ1) is 11.6. The van der Waals surface area contributed by atoms with Gasteiger partial charge >= 0.3 is 0 Å². The second kappa shape index (κ2) is 8.85. The molecule has 138 valence electrons. The molecule has 2 heterocycles. The molecule has 1 N–H and O–H groups in total. The third kappa shape index (κ3) is 4.64. The summed E-state index contributed by atoms with van der Waals surface area (Å²) in [6, 6.07) is 6.65. The van der Waals surface area contributed by atoms with E-state index in [4.69, 9.17) is 16.3 Å². The van der Waals surface area contributed by atoms with Crippen molar-refractivity contribution < 1.29 is 14.3 Å². The molecule has 0 bridgehead atoms. The second-order valence-corrected chi connectivity index (χ2v) is 6.57. The number of nitrogens with zero attached hydrogens (tertiary/aromatic N) is 2. The number of carbonyl (C=O) groups is 2. The van der Waals surface area contributed by atoms with Crippen LogP contribution in [0.1, 0.15) is 17.3 Å². The Morgan fingerprint density at radius 3 is 2.52 bits per heavy atom. The predicted molar refractivity (Wildman–Crippen MR) is 98.4 cm³/mol. The van der Waals surface area contributed by atoms with Gasteiger partial charge in [0.2, 0.25) is 5.91 Å². The fraction of sp³-hybridized carbons (Fsp3) is 0.529. The van der Waals surface area contributed by atoms with Crippen LogP contribution in [0.5, 0.6) is 0 Å². The number of piperazine rings is 1. The summed E-state index contributed by atoms with van der Waals surface area (Å²) in [5.74, 6) is 0.00847. The van der Waals surface area contributed by atoms with Gasteiger partial charge in [0.05, 0.1) is 12.7 Å². The standard InChI is InChI=1S/C17H22ClN3O3.ClH/c1-12-15(19-5-10-24-12)17(23)21-8-6-20(7-9-21)16(22)13-3-2-4-14(18)11-13;/h2-4,11-12,15,19H,5-10H2,1H3;1H/t12-,15+;/m1./s1. The fourth-order valence-electron chi connectivity index (χ4n) is 3.14. The molecule has 2 saturated heterocycles. The Kier molecular flexibility index (Phi) is 7.07. The van der Waals surface area contributed by atoms with Crippen molar-refractivity contribution in [2.75, 3.05) is 39.3 Å². The molecule has 3 rings (SSSR count).